The van der Waals surface area contributed by atoms with Crippen molar-refractivity contribution in [2.75, 3.05) is 39.5 Å². The molecule has 2 N–H and O–H groups in total. The smallest absolute Gasteiger partial charge is 0.0904 e. The zero-order valence-corrected chi connectivity index (χ0v) is 9.91. The predicted octanol–water partition coefficient (Wildman–Crippen LogP) is 0.544. The normalized spacial score (nSPS) is 26.8. The Morgan fingerprint density at radius 1 is 1.25 bits per heavy atom. The highest BCUT2D eigenvalue weighted by molar-refractivity contribution is 4.84. The van der Waals surface area contributed by atoms with Crippen LogP contribution in [0.2, 0.25) is 0 Å². The minimum absolute atomic E-state index is 0.492. The lowest BCUT2D eigenvalue weighted by Gasteiger charge is -2.33. The summed E-state index contributed by atoms with van der Waals surface area (Å²) >= 11 is 0. The summed E-state index contributed by atoms with van der Waals surface area (Å²) in [7, 11) is 0. The lowest BCUT2D eigenvalue weighted by molar-refractivity contribution is -0.0772. The molecule has 0 aromatic carbocycles. The van der Waals surface area contributed by atoms with Crippen molar-refractivity contribution in [3.05, 3.63) is 0 Å². The number of aliphatic hydroxyl groups is 1. The highest BCUT2D eigenvalue weighted by Gasteiger charge is 2.29. The van der Waals surface area contributed by atoms with Gasteiger partial charge in [-0.3, -0.25) is 0 Å². The molecule has 0 aliphatic carbocycles. The average molecular weight is 229 g/mol. The maximum absolute atomic E-state index is 10.2. The van der Waals surface area contributed by atoms with Crippen LogP contribution in [-0.2, 0) is 9.47 Å². The molecular weight excluding hydrogens is 206 g/mol. The van der Waals surface area contributed by atoms with Crippen LogP contribution < -0.4 is 5.32 Å². The van der Waals surface area contributed by atoms with Gasteiger partial charge in [0.1, 0.15) is 0 Å². The number of piperidine rings is 1. The monoisotopic (exact) mass is 229 g/mol. The highest BCUT2D eigenvalue weighted by Crippen LogP contribution is 2.20. The van der Waals surface area contributed by atoms with E-state index in [2.05, 4.69) is 5.32 Å². The third-order valence-corrected chi connectivity index (χ3v) is 3.60. The predicted molar refractivity (Wildman–Crippen MR) is 61.4 cm³/mol. The number of hydrogen-bond donors (Lipinski definition) is 2. The van der Waals surface area contributed by atoms with E-state index < -0.39 is 5.60 Å². The number of rotatable bonds is 4. The van der Waals surface area contributed by atoms with Gasteiger partial charge in [0.15, 0.2) is 0 Å². The van der Waals surface area contributed by atoms with Crippen molar-refractivity contribution < 1.29 is 14.6 Å². The Hall–Kier alpha value is -0.160. The molecule has 0 unspecified atom stereocenters. The summed E-state index contributed by atoms with van der Waals surface area (Å²) in [5, 5.41) is 13.5. The molecule has 2 aliphatic rings. The molecule has 0 bridgehead atoms. The first-order chi connectivity index (χ1) is 7.79. The largest absolute Gasteiger partial charge is 0.387 e. The van der Waals surface area contributed by atoms with Crippen molar-refractivity contribution in [3.63, 3.8) is 0 Å². The Balaban J connectivity index is 1.62. The molecule has 2 aliphatic heterocycles. The van der Waals surface area contributed by atoms with Gasteiger partial charge in [-0.05, 0) is 44.7 Å². The summed E-state index contributed by atoms with van der Waals surface area (Å²) in [4.78, 5) is 0. The van der Waals surface area contributed by atoms with Gasteiger partial charge in [-0.2, -0.15) is 0 Å². The Bertz CT molecular complexity index is 198. The van der Waals surface area contributed by atoms with Crippen LogP contribution in [0.5, 0.6) is 0 Å². The third kappa shape index (κ3) is 3.70. The fourth-order valence-electron chi connectivity index (χ4n) is 2.37. The van der Waals surface area contributed by atoms with Crippen molar-refractivity contribution in [1.29, 1.82) is 0 Å². The second-order valence-electron chi connectivity index (χ2n) is 5.05. The first-order valence-corrected chi connectivity index (χ1v) is 6.37. The molecule has 2 saturated heterocycles. The molecule has 0 atom stereocenters. The van der Waals surface area contributed by atoms with E-state index in [0.29, 0.717) is 12.5 Å². The van der Waals surface area contributed by atoms with Crippen LogP contribution >= 0.6 is 0 Å². The Labute approximate surface area is 97.3 Å². The molecule has 0 saturated carbocycles. The van der Waals surface area contributed by atoms with Gasteiger partial charge >= 0.3 is 0 Å². The van der Waals surface area contributed by atoms with Gasteiger partial charge in [0.2, 0.25) is 0 Å². The summed E-state index contributed by atoms with van der Waals surface area (Å²) in [5.41, 5.74) is -0.587. The lowest BCUT2D eigenvalue weighted by Crippen LogP contribution is -2.45. The van der Waals surface area contributed by atoms with Gasteiger partial charge in [0.05, 0.1) is 12.2 Å². The van der Waals surface area contributed by atoms with E-state index >= 15 is 0 Å². The second kappa shape index (κ2) is 5.96. The van der Waals surface area contributed by atoms with Crippen molar-refractivity contribution >= 4 is 0 Å². The number of ether oxygens (including phenoxy) is 2. The van der Waals surface area contributed by atoms with Crippen LogP contribution in [0.1, 0.15) is 25.7 Å². The molecule has 4 heteroatoms. The fraction of sp³-hybridized carbons (Fsp3) is 1.00. The maximum Gasteiger partial charge on any atom is 0.0904 e. The van der Waals surface area contributed by atoms with Gasteiger partial charge in [-0.25, -0.2) is 0 Å². The molecule has 2 heterocycles. The van der Waals surface area contributed by atoms with Crippen molar-refractivity contribution in [3.8, 4) is 0 Å². The van der Waals surface area contributed by atoms with Crippen LogP contribution in [0.15, 0.2) is 0 Å². The van der Waals surface area contributed by atoms with E-state index in [1.54, 1.807) is 0 Å². The van der Waals surface area contributed by atoms with E-state index in [0.717, 1.165) is 58.6 Å². The minimum atomic E-state index is -0.587. The molecule has 2 fully saturated rings. The summed E-state index contributed by atoms with van der Waals surface area (Å²) in [6.45, 7) is 4.80. The third-order valence-electron chi connectivity index (χ3n) is 3.60. The van der Waals surface area contributed by atoms with Crippen LogP contribution in [-0.4, -0.2) is 50.2 Å². The number of nitrogens with one attached hydrogen (secondary N) is 1. The SMILES string of the molecule is OC1(COCC2CCOCC2)CCNCC1. The fourth-order valence-corrected chi connectivity index (χ4v) is 2.37. The Morgan fingerprint density at radius 3 is 2.62 bits per heavy atom. The van der Waals surface area contributed by atoms with Crippen molar-refractivity contribution in [2.24, 2.45) is 5.92 Å². The van der Waals surface area contributed by atoms with E-state index in [4.69, 9.17) is 9.47 Å². The van der Waals surface area contributed by atoms with Crippen LogP contribution in [0.3, 0.4) is 0 Å². The van der Waals surface area contributed by atoms with Gasteiger partial charge in [0, 0.05) is 19.8 Å². The van der Waals surface area contributed by atoms with Gasteiger partial charge in [-0.15, -0.1) is 0 Å². The van der Waals surface area contributed by atoms with E-state index in [-0.39, 0.29) is 0 Å². The second-order valence-corrected chi connectivity index (χ2v) is 5.05. The molecule has 0 aromatic heterocycles. The van der Waals surface area contributed by atoms with Crippen LogP contribution in [0, 0.1) is 5.92 Å². The van der Waals surface area contributed by atoms with Gasteiger partial charge in [-0.1, -0.05) is 0 Å². The van der Waals surface area contributed by atoms with Crippen molar-refractivity contribution in [2.45, 2.75) is 31.3 Å². The Morgan fingerprint density at radius 2 is 1.94 bits per heavy atom. The van der Waals surface area contributed by atoms with Gasteiger partial charge in [0.25, 0.3) is 0 Å². The summed E-state index contributed by atoms with van der Waals surface area (Å²) < 4.78 is 11.0. The first kappa shape index (κ1) is 12.3. The van der Waals surface area contributed by atoms with Gasteiger partial charge < -0.3 is 19.9 Å². The molecule has 0 amide bonds. The highest BCUT2D eigenvalue weighted by atomic mass is 16.5. The topological polar surface area (TPSA) is 50.7 Å². The Kier molecular flexibility index (Phi) is 4.58. The standard InChI is InChI=1S/C12H23NO3/c14-12(3-5-13-6-4-12)10-16-9-11-1-7-15-8-2-11/h11,13-14H,1-10H2. The first-order valence-electron chi connectivity index (χ1n) is 6.37. The lowest BCUT2D eigenvalue weighted by atomic mass is 9.93. The minimum Gasteiger partial charge on any atom is -0.387 e. The maximum atomic E-state index is 10.2. The molecule has 2 rings (SSSR count). The molecule has 0 radical (unpaired) electrons. The quantitative estimate of drug-likeness (QED) is 0.739. The van der Waals surface area contributed by atoms with E-state index in [1.165, 1.54) is 0 Å². The van der Waals surface area contributed by atoms with Crippen molar-refractivity contribution in [1.82, 2.24) is 5.32 Å². The molecule has 0 spiro atoms. The zero-order chi connectivity index (χ0) is 11.3. The summed E-state index contributed by atoms with van der Waals surface area (Å²) in [6.07, 6.45) is 3.81. The zero-order valence-electron chi connectivity index (χ0n) is 9.91. The number of hydrogen-bond acceptors (Lipinski definition) is 4. The average Bonchev–Trinajstić information content (AvgIpc) is 2.31. The van der Waals surface area contributed by atoms with Crippen LogP contribution in [0.25, 0.3) is 0 Å². The van der Waals surface area contributed by atoms with E-state index in [9.17, 15) is 5.11 Å². The summed E-state index contributed by atoms with van der Waals surface area (Å²) in [5.74, 6) is 0.624. The van der Waals surface area contributed by atoms with Crippen LogP contribution in [0.4, 0.5) is 0 Å². The molecule has 16 heavy (non-hydrogen) atoms. The molecule has 4 nitrogen and oxygen atoms in total. The summed E-state index contributed by atoms with van der Waals surface area (Å²) in [6, 6.07) is 0. The molecular formula is C12H23NO3. The molecule has 94 valence electrons. The van der Waals surface area contributed by atoms with E-state index in [1.807, 2.05) is 0 Å². The molecule has 0 aromatic rings.